The van der Waals surface area contributed by atoms with Crippen LogP contribution in [0.25, 0.3) is 66.4 Å². The van der Waals surface area contributed by atoms with Crippen LogP contribution >= 0.6 is 92.8 Å². The normalized spacial score (nSPS) is 16.9. The van der Waals surface area contributed by atoms with Crippen LogP contribution in [-0.4, -0.2) is 246 Å². The average Bonchev–Trinajstić information content (AvgIpc) is 1.31. The second-order valence-corrected chi connectivity index (χ2v) is 44.1. The van der Waals surface area contributed by atoms with Crippen molar-refractivity contribution in [2.24, 2.45) is 21.7 Å². The number of aldehydes is 1. The highest BCUT2D eigenvalue weighted by molar-refractivity contribution is 7.88. The van der Waals surface area contributed by atoms with E-state index in [2.05, 4.69) is 121 Å². The van der Waals surface area contributed by atoms with Crippen LogP contribution in [0.5, 0.6) is 23.0 Å². The molecule has 8 saturated heterocycles. The van der Waals surface area contributed by atoms with Crippen LogP contribution in [0.4, 0.5) is 9.59 Å². The number of aromatic nitrogens is 4. The fourth-order valence-electron chi connectivity index (χ4n) is 19.4. The standard InChI is InChI=1S/C28H30Cl2N4O3.C24H24Cl2N4O3S.C23H22Cl2N4O.C18H12Cl2N2O2.C10H18N2O2/c1-27(2,3)37-26(35)33-17-28(18-33)15-32(16-28)14-19-4-5-24-20(10-19)6-8-34(24)22-11-21(13-31)25(23(30)12-22)36-9-7-29;1-34(31,32)29-15-24(16-29)13-28(14-24)12-17-2-3-22-18(8-17)4-6-30(22)20-9-19(11-27)23(21(26)10-20)33-7-5-25;24-4-6-30-22-18(10-26)8-19(9-20(22)25)29-5-3-17-7-16(1-2-21(17)29)11-28-14-23(15-28)12-27-13-23;19-4-6-24-18-14(10-21)8-15(9-16(18)20)22-5-3-13-7-12(11-23)1-2-17(13)22;1-9(2,3)14-8(13)12-6-10(7-12)4-11-5-10/h4-6,8,10-12H,7,9,14-18H2,1-3H3;2-4,6,8-10H,5,7,12-16H2,1H3;1-3,5,7-9,27H,4,6,11-15H2;1-3,5,7-9,11H,4,6H2;11H,4-7H2,1-3H3. The first-order chi connectivity index (χ1) is 66.5. The molecule has 8 aromatic carbocycles. The van der Waals surface area contributed by atoms with Gasteiger partial charge in [-0.25, -0.2) is 22.3 Å². The van der Waals surface area contributed by atoms with Gasteiger partial charge in [0, 0.05) is 221 Å². The van der Waals surface area contributed by atoms with E-state index in [1.165, 1.54) is 41.4 Å². The van der Waals surface area contributed by atoms with Crippen molar-refractivity contribution in [1.29, 1.82) is 21.0 Å². The minimum Gasteiger partial charge on any atom is -0.489 e. The second kappa shape index (κ2) is 42.2. The predicted molar refractivity (Wildman–Crippen MR) is 546 cm³/mol. The minimum atomic E-state index is -3.07. The summed E-state index contributed by atoms with van der Waals surface area (Å²) in [7, 11) is -3.07. The third kappa shape index (κ3) is 22.9. The monoisotopic (exact) mass is 2050 g/mol. The van der Waals surface area contributed by atoms with Crippen LogP contribution in [0, 0.1) is 67.0 Å². The van der Waals surface area contributed by atoms with E-state index in [9.17, 15) is 43.8 Å². The number of nitrogens with one attached hydrogen (secondary N) is 2. The van der Waals surface area contributed by atoms with Gasteiger partial charge in [-0.2, -0.15) is 21.0 Å². The van der Waals surface area contributed by atoms with Gasteiger partial charge >= 0.3 is 12.2 Å². The Morgan fingerprint density at radius 3 is 0.928 bits per heavy atom. The van der Waals surface area contributed by atoms with Crippen LogP contribution < -0.4 is 29.6 Å². The van der Waals surface area contributed by atoms with Gasteiger partial charge in [0.15, 0.2) is 23.0 Å². The molecular formula is C103H106Cl8N16O11S. The molecule has 8 fully saturated rings. The highest BCUT2D eigenvalue weighted by Crippen LogP contribution is 2.46. The molecule has 36 heteroatoms. The predicted octanol–water partition coefficient (Wildman–Crippen LogP) is 19.3. The Balaban J connectivity index is 0.000000129. The Morgan fingerprint density at radius 1 is 0.388 bits per heavy atom. The van der Waals surface area contributed by atoms with Gasteiger partial charge in [-0.05, 0) is 186 Å². The van der Waals surface area contributed by atoms with E-state index in [1.54, 1.807) is 62.6 Å². The van der Waals surface area contributed by atoms with Gasteiger partial charge in [0.1, 0.15) is 68.2 Å². The number of rotatable bonds is 24. The smallest absolute Gasteiger partial charge is 0.410 e. The van der Waals surface area contributed by atoms with Gasteiger partial charge in [0.2, 0.25) is 10.0 Å². The Morgan fingerprint density at radius 2 is 0.662 bits per heavy atom. The summed E-state index contributed by atoms with van der Waals surface area (Å²) in [6.07, 6.45) is 9.53. The Labute approximate surface area is 848 Å². The van der Waals surface area contributed by atoms with Crippen LogP contribution in [0.1, 0.15) is 90.8 Å². The van der Waals surface area contributed by atoms with Gasteiger partial charge in [-0.1, -0.05) is 64.6 Å². The van der Waals surface area contributed by atoms with E-state index < -0.39 is 15.6 Å². The van der Waals surface area contributed by atoms with Crippen LogP contribution in [-0.2, 0) is 39.1 Å². The van der Waals surface area contributed by atoms with Crippen molar-refractivity contribution < 1.29 is 51.2 Å². The van der Waals surface area contributed by atoms with E-state index in [0.717, 1.165) is 165 Å². The fourth-order valence-corrected chi connectivity index (χ4v) is 21.8. The SMILES string of the molecule is CC(C)(C)OC(=O)N1CC2(CN(Cc3ccc4c(ccn4-c4cc(Cl)c(OCCCl)c(C#N)c4)c3)C2)C1.CC(C)(C)OC(=O)N1CC2(CNC2)C1.CS(=O)(=O)N1CC2(CN(Cc3ccc4c(ccn4-c4cc(Cl)c(OCCCl)c(C#N)c4)c3)C2)C1.N#Cc1cc(-n2ccc3cc(C=O)ccc32)cc(Cl)c1OCCCl.N#Cc1cc(-n2ccc3cc(CN4CC5(CNC5)C4)ccc32)cc(Cl)c1OCCCl. The van der Waals surface area contributed by atoms with Gasteiger partial charge in [-0.15, -0.1) is 46.4 Å². The number of sulfonamides is 1. The van der Waals surface area contributed by atoms with Gasteiger partial charge < -0.3 is 67.1 Å². The lowest BCUT2D eigenvalue weighted by molar-refractivity contribution is -0.115. The minimum absolute atomic E-state index is 0.133. The second-order valence-electron chi connectivity index (χ2n) is 39.0. The molecule has 20 rings (SSSR count). The Hall–Kier alpha value is -10.7. The maximum Gasteiger partial charge on any atom is 0.410 e. The Kier molecular flexibility index (Phi) is 30.8. The molecular weight excluding hydrogens is 1950 g/mol. The van der Waals surface area contributed by atoms with Crippen molar-refractivity contribution in [3.63, 3.8) is 0 Å². The number of halogens is 8. The number of carbonyl (C=O) groups is 3. The molecule has 0 radical (unpaired) electrons. The number of ether oxygens (including phenoxy) is 6. The molecule has 2 amide bonds. The number of carbonyl (C=O) groups excluding carboxylic acids is 3. The third-order valence-electron chi connectivity index (χ3n) is 25.6. The highest BCUT2D eigenvalue weighted by atomic mass is 35.5. The fraction of sp³-hybridized carbons (Fsp3) is 0.388. The first kappa shape index (κ1) is 101. The molecule has 0 bridgehead atoms. The quantitative estimate of drug-likeness (QED) is 0.0419. The molecule has 0 saturated carbocycles. The summed E-state index contributed by atoms with van der Waals surface area (Å²) in [5.41, 5.74) is 13.5. The molecule has 139 heavy (non-hydrogen) atoms. The number of benzene rings is 8. The molecule has 0 aliphatic carbocycles. The molecule has 726 valence electrons. The van der Waals surface area contributed by atoms with Gasteiger partial charge in [0.05, 0.1) is 94.2 Å². The van der Waals surface area contributed by atoms with Gasteiger partial charge in [-0.3, -0.25) is 19.5 Å². The lowest BCUT2D eigenvalue weighted by Crippen LogP contribution is -2.72. The third-order valence-corrected chi connectivity index (χ3v) is 28.5. The molecule has 4 aromatic heterocycles. The Bertz CT molecular complexity index is 6930. The van der Waals surface area contributed by atoms with Crippen molar-refractivity contribution in [2.45, 2.75) is 72.4 Å². The molecule has 8 aliphatic heterocycles. The summed E-state index contributed by atoms with van der Waals surface area (Å²) in [6, 6.07) is 55.7. The molecule has 0 unspecified atom stereocenters. The number of likely N-dealkylation sites (tertiary alicyclic amines) is 5. The lowest BCUT2D eigenvalue weighted by Gasteiger charge is -2.60. The number of hydrogen-bond acceptors (Lipinski definition) is 20. The zero-order chi connectivity index (χ0) is 98.7. The summed E-state index contributed by atoms with van der Waals surface area (Å²) in [4.78, 5) is 45.6. The van der Waals surface area contributed by atoms with Crippen molar-refractivity contribution in [1.82, 2.24) is 57.7 Å². The van der Waals surface area contributed by atoms with Crippen molar-refractivity contribution >= 4 is 165 Å². The van der Waals surface area contributed by atoms with E-state index in [0.29, 0.717) is 125 Å². The zero-order valence-corrected chi connectivity index (χ0v) is 84.9. The van der Waals surface area contributed by atoms with Crippen LogP contribution in [0.2, 0.25) is 20.1 Å². The van der Waals surface area contributed by atoms with Crippen LogP contribution in [0.15, 0.2) is 170 Å². The maximum atomic E-state index is 12.2. The molecule has 0 atom stereocenters. The van der Waals surface area contributed by atoms with E-state index >= 15 is 0 Å². The molecule has 12 aromatic rings. The van der Waals surface area contributed by atoms with E-state index in [4.69, 9.17) is 121 Å². The highest BCUT2D eigenvalue weighted by Gasteiger charge is 2.56. The number of nitrogens with zero attached hydrogens (tertiary/aromatic N) is 14. The van der Waals surface area contributed by atoms with Crippen molar-refractivity contribution in [3.8, 4) is 70.0 Å². The maximum absolute atomic E-state index is 12.2. The number of alkyl halides is 4. The van der Waals surface area contributed by atoms with E-state index in [1.807, 2.05) is 110 Å². The first-order valence-electron chi connectivity index (χ1n) is 45.6. The van der Waals surface area contributed by atoms with Crippen LogP contribution in [0.3, 0.4) is 0 Å². The lowest BCUT2D eigenvalue weighted by atomic mass is 9.73. The molecule has 2 N–H and O–H groups in total. The summed E-state index contributed by atoms with van der Waals surface area (Å²) < 4.78 is 65.7. The van der Waals surface area contributed by atoms with E-state index in [-0.39, 0.29) is 48.4 Å². The number of hydrogen-bond donors (Lipinski definition) is 2. The molecule has 8 aliphatic rings. The molecule has 4 spiro atoms. The number of nitriles is 4. The largest absolute Gasteiger partial charge is 0.489 e. The summed E-state index contributed by atoms with van der Waals surface area (Å²) in [5, 5.41) is 50.5. The summed E-state index contributed by atoms with van der Waals surface area (Å²) >= 11 is 48.3. The molecule has 27 nitrogen and oxygen atoms in total. The number of amides is 2. The zero-order valence-electron chi connectivity index (χ0n) is 78.0. The van der Waals surface area contributed by atoms with Crippen molar-refractivity contribution in [3.05, 3.63) is 235 Å². The van der Waals surface area contributed by atoms with Crippen molar-refractivity contribution in [2.75, 3.05) is 161 Å². The summed E-state index contributed by atoms with van der Waals surface area (Å²) in [6.45, 7) is 30.3. The number of fused-ring (bicyclic) bond motifs is 4. The average molecular weight is 2060 g/mol. The molecule has 12 heterocycles. The first-order valence-corrected chi connectivity index (χ1v) is 51.1. The van der Waals surface area contributed by atoms with Gasteiger partial charge in [0.25, 0.3) is 0 Å². The summed E-state index contributed by atoms with van der Waals surface area (Å²) in [5.74, 6) is 2.71. The topological polar surface area (TPSA) is 299 Å².